The Morgan fingerprint density at radius 2 is 1.73 bits per heavy atom. The molecule has 2 aliphatic rings. The molecule has 0 unspecified atom stereocenters. The molecule has 0 N–H and O–H groups in total. The maximum absolute atomic E-state index is 12.9. The molecule has 2 aromatic rings. The lowest BCUT2D eigenvalue weighted by Gasteiger charge is -2.25. The highest BCUT2D eigenvalue weighted by Crippen LogP contribution is 2.42. The summed E-state index contributed by atoms with van der Waals surface area (Å²) in [5.74, 6) is 0.626. The van der Waals surface area contributed by atoms with E-state index < -0.39 is 0 Å². The van der Waals surface area contributed by atoms with Crippen molar-refractivity contribution in [1.82, 2.24) is 0 Å². The summed E-state index contributed by atoms with van der Waals surface area (Å²) in [7, 11) is 1.54. The van der Waals surface area contributed by atoms with E-state index in [1.54, 1.807) is 55.6 Å². The fraction of sp³-hybridized carbons (Fsp3) is 0.375. The van der Waals surface area contributed by atoms with E-state index in [0.29, 0.717) is 28.7 Å². The molecule has 2 fully saturated rings. The van der Waals surface area contributed by atoms with Crippen molar-refractivity contribution in [1.29, 1.82) is 0 Å². The first-order valence-corrected chi connectivity index (χ1v) is 10.3. The Hall–Kier alpha value is -3.15. The van der Waals surface area contributed by atoms with Crippen molar-refractivity contribution in [2.45, 2.75) is 26.2 Å². The van der Waals surface area contributed by atoms with E-state index in [4.69, 9.17) is 9.47 Å². The Balaban J connectivity index is 1.47. The van der Waals surface area contributed by atoms with Gasteiger partial charge in [-0.2, -0.15) is 0 Å². The molecule has 1 heterocycles. The molecule has 0 spiro atoms. The molecule has 4 rings (SSSR count). The van der Waals surface area contributed by atoms with Crippen LogP contribution in [-0.2, 0) is 9.59 Å². The van der Waals surface area contributed by atoms with Gasteiger partial charge in [-0.05, 0) is 49.4 Å². The zero-order chi connectivity index (χ0) is 21.3. The summed E-state index contributed by atoms with van der Waals surface area (Å²) in [6.07, 6.45) is 2.50. The van der Waals surface area contributed by atoms with Gasteiger partial charge < -0.3 is 9.47 Å². The lowest BCUT2D eigenvalue weighted by molar-refractivity contribution is -0.122. The number of amides is 2. The maximum atomic E-state index is 12.9. The minimum absolute atomic E-state index is 0.124. The monoisotopic (exact) mass is 407 g/mol. The third kappa shape index (κ3) is 3.82. The first-order chi connectivity index (χ1) is 14.5. The predicted octanol–water partition coefficient (Wildman–Crippen LogP) is 3.88. The van der Waals surface area contributed by atoms with Gasteiger partial charge in [-0.25, -0.2) is 4.90 Å². The molecule has 2 aromatic carbocycles. The van der Waals surface area contributed by atoms with Crippen LogP contribution in [0, 0.1) is 17.8 Å². The summed E-state index contributed by atoms with van der Waals surface area (Å²) in [6, 6.07) is 13.7. The minimum Gasteiger partial charge on any atom is -0.497 e. The fourth-order valence-corrected chi connectivity index (χ4v) is 4.39. The van der Waals surface area contributed by atoms with Crippen LogP contribution in [0.4, 0.5) is 5.69 Å². The van der Waals surface area contributed by atoms with Crippen molar-refractivity contribution >= 4 is 23.3 Å². The Morgan fingerprint density at radius 1 is 1.00 bits per heavy atom. The molecule has 0 bridgehead atoms. The number of ether oxygens (including phenoxy) is 2. The fourth-order valence-electron chi connectivity index (χ4n) is 4.39. The highest BCUT2D eigenvalue weighted by molar-refractivity contribution is 6.22. The number of rotatable bonds is 6. The number of imide groups is 1. The molecule has 3 atom stereocenters. The van der Waals surface area contributed by atoms with Gasteiger partial charge in [-0.15, -0.1) is 0 Å². The van der Waals surface area contributed by atoms with E-state index in [0.717, 1.165) is 19.3 Å². The van der Waals surface area contributed by atoms with Crippen LogP contribution in [-0.4, -0.2) is 31.3 Å². The van der Waals surface area contributed by atoms with E-state index in [-0.39, 0.29) is 36.0 Å². The van der Waals surface area contributed by atoms with Crippen molar-refractivity contribution in [2.75, 3.05) is 18.6 Å². The number of methoxy groups -OCH3 is 1. The summed E-state index contributed by atoms with van der Waals surface area (Å²) < 4.78 is 10.8. The number of carbonyl (C=O) groups is 3. The summed E-state index contributed by atoms with van der Waals surface area (Å²) in [5, 5.41) is 0. The SMILES string of the molecule is COc1cccc(C(=O)COc2cccc(N3C(=O)[C@@H]4CC[C@H](C)C[C@H]4C3=O)c2)c1. The van der Waals surface area contributed by atoms with Gasteiger partial charge in [0.25, 0.3) is 0 Å². The lowest BCUT2D eigenvalue weighted by atomic mass is 9.76. The molecule has 1 saturated carbocycles. The quantitative estimate of drug-likeness (QED) is 0.537. The van der Waals surface area contributed by atoms with Crippen LogP contribution in [0.5, 0.6) is 11.5 Å². The molecule has 156 valence electrons. The topological polar surface area (TPSA) is 72.9 Å². The Bertz CT molecular complexity index is 985. The summed E-state index contributed by atoms with van der Waals surface area (Å²) >= 11 is 0. The summed E-state index contributed by atoms with van der Waals surface area (Å²) in [6.45, 7) is 1.98. The number of benzene rings is 2. The highest BCUT2D eigenvalue weighted by atomic mass is 16.5. The van der Waals surface area contributed by atoms with Crippen molar-refractivity contribution in [2.24, 2.45) is 17.8 Å². The number of hydrogen-bond acceptors (Lipinski definition) is 5. The molecular weight excluding hydrogens is 382 g/mol. The largest absolute Gasteiger partial charge is 0.497 e. The Morgan fingerprint density at radius 3 is 2.53 bits per heavy atom. The van der Waals surface area contributed by atoms with Gasteiger partial charge in [-0.3, -0.25) is 14.4 Å². The zero-order valence-corrected chi connectivity index (χ0v) is 17.2. The lowest BCUT2D eigenvalue weighted by Crippen LogP contribution is -2.30. The normalized spacial score (nSPS) is 23.3. The molecular formula is C24H25NO5. The molecule has 0 radical (unpaired) electrons. The minimum atomic E-state index is -0.222. The third-order valence-electron chi connectivity index (χ3n) is 6.03. The molecule has 1 aliphatic carbocycles. The van der Waals surface area contributed by atoms with Crippen molar-refractivity contribution in [3.8, 4) is 11.5 Å². The number of anilines is 1. The van der Waals surface area contributed by atoms with Crippen molar-refractivity contribution < 1.29 is 23.9 Å². The van der Waals surface area contributed by atoms with Gasteiger partial charge in [0.2, 0.25) is 11.8 Å². The number of ketones is 1. The van der Waals surface area contributed by atoms with Gasteiger partial charge >= 0.3 is 0 Å². The first-order valence-electron chi connectivity index (χ1n) is 10.3. The maximum Gasteiger partial charge on any atom is 0.237 e. The Kier molecular flexibility index (Phi) is 5.57. The standard InChI is InChI=1S/C24H25NO5/c1-15-9-10-20-21(11-15)24(28)25(23(20)27)17-6-4-8-19(13-17)30-14-22(26)16-5-3-7-18(12-16)29-2/h3-8,12-13,15,20-21H,9-11,14H2,1-2H3/t15-,20+,21+/m0/s1. The van der Waals surface area contributed by atoms with E-state index in [2.05, 4.69) is 6.92 Å². The van der Waals surface area contributed by atoms with Crippen LogP contribution in [0.3, 0.4) is 0 Å². The Labute approximate surface area is 175 Å². The van der Waals surface area contributed by atoms with Crippen molar-refractivity contribution in [3.05, 3.63) is 54.1 Å². The van der Waals surface area contributed by atoms with Crippen LogP contribution in [0.1, 0.15) is 36.5 Å². The number of nitrogens with zero attached hydrogens (tertiary/aromatic N) is 1. The second-order valence-electron chi connectivity index (χ2n) is 8.08. The van der Waals surface area contributed by atoms with E-state index in [1.165, 1.54) is 4.90 Å². The van der Waals surface area contributed by atoms with Gasteiger partial charge in [-0.1, -0.05) is 25.1 Å². The predicted molar refractivity (Wildman–Crippen MR) is 112 cm³/mol. The van der Waals surface area contributed by atoms with Gasteiger partial charge in [0, 0.05) is 11.6 Å². The van der Waals surface area contributed by atoms with Gasteiger partial charge in [0.05, 0.1) is 24.6 Å². The highest BCUT2D eigenvalue weighted by Gasteiger charge is 2.50. The van der Waals surface area contributed by atoms with Crippen LogP contribution in [0.15, 0.2) is 48.5 Å². The average Bonchev–Trinajstić information content (AvgIpc) is 3.01. The number of Topliss-reactive ketones (excluding diaryl/α,β-unsaturated/α-hetero) is 1. The van der Waals surface area contributed by atoms with E-state index >= 15 is 0 Å². The van der Waals surface area contributed by atoms with Crippen LogP contribution >= 0.6 is 0 Å². The van der Waals surface area contributed by atoms with Crippen LogP contribution in [0.25, 0.3) is 0 Å². The third-order valence-corrected chi connectivity index (χ3v) is 6.03. The number of carbonyl (C=O) groups excluding carboxylic acids is 3. The molecule has 2 amide bonds. The molecule has 30 heavy (non-hydrogen) atoms. The number of fused-ring (bicyclic) bond motifs is 1. The summed E-state index contributed by atoms with van der Waals surface area (Å²) in [5.41, 5.74) is 0.993. The van der Waals surface area contributed by atoms with Gasteiger partial charge in [0.15, 0.2) is 12.4 Å². The molecule has 6 heteroatoms. The second kappa shape index (κ2) is 8.30. The first kappa shape index (κ1) is 20.1. The van der Waals surface area contributed by atoms with E-state index in [9.17, 15) is 14.4 Å². The molecule has 0 aromatic heterocycles. The van der Waals surface area contributed by atoms with Gasteiger partial charge in [0.1, 0.15) is 11.5 Å². The van der Waals surface area contributed by atoms with Crippen LogP contribution < -0.4 is 14.4 Å². The summed E-state index contributed by atoms with van der Waals surface area (Å²) in [4.78, 5) is 39.5. The van der Waals surface area contributed by atoms with Crippen molar-refractivity contribution in [3.63, 3.8) is 0 Å². The van der Waals surface area contributed by atoms with Crippen LogP contribution in [0.2, 0.25) is 0 Å². The van der Waals surface area contributed by atoms with E-state index in [1.807, 2.05) is 0 Å². The molecule has 1 saturated heterocycles. The zero-order valence-electron chi connectivity index (χ0n) is 17.2. The average molecular weight is 407 g/mol. The molecule has 6 nitrogen and oxygen atoms in total. The number of hydrogen-bond donors (Lipinski definition) is 0. The molecule has 1 aliphatic heterocycles. The second-order valence-corrected chi connectivity index (χ2v) is 8.08. The smallest absolute Gasteiger partial charge is 0.237 e.